The molecular weight excluding hydrogens is 260 g/mol. The Labute approximate surface area is 117 Å². The van der Waals surface area contributed by atoms with Crippen LogP contribution in [0, 0.1) is 0 Å². The van der Waals surface area contributed by atoms with Crippen LogP contribution in [0.25, 0.3) is 6.08 Å². The normalized spacial score (nSPS) is 10.6. The van der Waals surface area contributed by atoms with Crippen LogP contribution in [-0.2, 0) is 0 Å². The summed E-state index contributed by atoms with van der Waals surface area (Å²) in [4.78, 5) is 12.0. The highest BCUT2D eigenvalue weighted by molar-refractivity contribution is 6.32. The number of methoxy groups -OCH3 is 1. The Morgan fingerprint density at radius 2 is 1.79 bits per heavy atom. The molecule has 2 aromatic rings. The van der Waals surface area contributed by atoms with Gasteiger partial charge < -0.3 is 4.74 Å². The first-order valence-corrected chi connectivity index (χ1v) is 6.19. The van der Waals surface area contributed by atoms with Crippen molar-refractivity contribution in [1.82, 2.24) is 0 Å². The summed E-state index contributed by atoms with van der Waals surface area (Å²) >= 11 is 6.01. The molecular formula is C16H13ClO2. The molecule has 0 atom stereocenters. The minimum atomic E-state index is -0.0671. The topological polar surface area (TPSA) is 26.3 Å². The molecule has 0 aliphatic heterocycles. The third kappa shape index (κ3) is 3.46. The van der Waals surface area contributed by atoms with Gasteiger partial charge in [-0.3, -0.25) is 4.79 Å². The van der Waals surface area contributed by atoms with Crippen molar-refractivity contribution < 1.29 is 9.53 Å². The van der Waals surface area contributed by atoms with Gasteiger partial charge in [0.2, 0.25) is 0 Å². The number of hydrogen-bond donors (Lipinski definition) is 0. The number of carbonyl (C=O) groups is 1. The Morgan fingerprint density at radius 1 is 1.11 bits per heavy atom. The average Bonchev–Trinajstić information content (AvgIpc) is 2.46. The first-order valence-electron chi connectivity index (χ1n) is 5.81. The molecule has 0 radical (unpaired) electrons. The van der Waals surface area contributed by atoms with Gasteiger partial charge in [-0.1, -0.05) is 29.8 Å². The van der Waals surface area contributed by atoms with Crippen molar-refractivity contribution in [3.8, 4) is 5.75 Å². The molecule has 2 aromatic carbocycles. The zero-order valence-electron chi connectivity index (χ0n) is 10.5. The summed E-state index contributed by atoms with van der Waals surface area (Å²) in [5, 5.41) is 0.626. The van der Waals surface area contributed by atoms with E-state index in [0.717, 1.165) is 11.3 Å². The summed E-state index contributed by atoms with van der Waals surface area (Å²) < 4.78 is 5.05. The van der Waals surface area contributed by atoms with E-state index in [2.05, 4.69) is 0 Å². The fraction of sp³-hybridized carbons (Fsp3) is 0.0625. The Hall–Kier alpha value is -2.06. The second kappa shape index (κ2) is 6.21. The van der Waals surface area contributed by atoms with Crippen molar-refractivity contribution in [3.05, 3.63) is 70.8 Å². The highest BCUT2D eigenvalue weighted by Crippen LogP contribution is 2.17. The van der Waals surface area contributed by atoms with Crippen LogP contribution in [0.1, 0.15) is 15.9 Å². The summed E-state index contributed by atoms with van der Waals surface area (Å²) in [6.45, 7) is 0. The van der Waals surface area contributed by atoms with Gasteiger partial charge in [0.25, 0.3) is 0 Å². The zero-order valence-corrected chi connectivity index (χ0v) is 11.2. The lowest BCUT2D eigenvalue weighted by Gasteiger charge is -2.00. The van der Waals surface area contributed by atoms with Crippen LogP contribution in [0.2, 0.25) is 5.02 Å². The Bertz CT molecular complexity index is 600. The van der Waals surface area contributed by atoms with Crippen molar-refractivity contribution in [2.24, 2.45) is 0 Å². The minimum absolute atomic E-state index is 0.0671. The van der Waals surface area contributed by atoms with E-state index in [1.165, 1.54) is 6.08 Å². The molecule has 0 unspecified atom stereocenters. The third-order valence-corrected chi connectivity index (χ3v) is 3.04. The lowest BCUT2D eigenvalue weighted by molar-refractivity contribution is 0.104. The quantitative estimate of drug-likeness (QED) is 0.614. The van der Waals surface area contributed by atoms with Crippen LogP contribution in [-0.4, -0.2) is 12.9 Å². The Morgan fingerprint density at radius 3 is 2.42 bits per heavy atom. The highest BCUT2D eigenvalue weighted by atomic mass is 35.5. The molecule has 2 rings (SSSR count). The molecule has 0 aliphatic rings. The Kier molecular flexibility index (Phi) is 4.37. The van der Waals surface area contributed by atoms with Gasteiger partial charge in [-0.05, 0) is 48.0 Å². The van der Waals surface area contributed by atoms with Crippen molar-refractivity contribution >= 4 is 23.5 Å². The molecule has 0 N–H and O–H groups in total. The second-order valence-corrected chi connectivity index (χ2v) is 4.35. The molecule has 0 amide bonds. The van der Waals surface area contributed by atoms with Crippen molar-refractivity contribution in [3.63, 3.8) is 0 Å². The first kappa shape index (κ1) is 13.4. The zero-order chi connectivity index (χ0) is 13.7. The lowest BCUT2D eigenvalue weighted by atomic mass is 10.1. The van der Waals surface area contributed by atoms with Crippen LogP contribution >= 0.6 is 11.6 Å². The summed E-state index contributed by atoms with van der Waals surface area (Å²) in [5.74, 6) is 0.661. The van der Waals surface area contributed by atoms with Crippen LogP contribution in [0.4, 0.5) is 0 Å². The van der Waals surface area contributed by atoms with Crippen LogP contribution < -0.4 is 4.74 Å². The van der Waals surface area contributed by atoms with E-state index in [1.807, 2.05) is 18.2 Å². The summed E-state index contributed by atoms with van der Waals surface area (Å²) in [7, 11) is 1.59. The standard InChI is InChI=1S/C16H13ClO2/c1-19-14-9-6-13(7-10-14)16(18)11-8-12-4-2-3-5-15(12)17/h2-11H,1H3/b11-8-. The second-order valence-electron chi connectivity index (χ2n) is 3.95. The fourth-order valence-corrected chi connectivity index (χ4v) is 1.83. The van der Waals surface area contributed by atoms with Crippen molar-refractivity contribution in [2.45, 2.75) is 0 Å². The fourth-order valence-electron chi connectivity index (χ4n) is 1.63. The number of ether oxygens (including phenoxy) is 1. The molecule has 0 saturated heterocycles. The molecule has 0 aliphatic carbocycles. The molecule has 0 fully saturated rings. The Balaban J connectivity index is 2.14. The summed E-state index contributed by atoms with van der Waals surface area (Å²) in [6, 6.07) is 14.4. The van der Waals surface area contributed by atoms with E-state index in [1.54, 1.807) is 43.5 Å². The van der Waals surface area contributed by atoms with E-state index in [9.17, 15) is 4.79 Å². The summed E-state index contributed by atoms with van der Waals surface area (Å²) in [6.07, 6.45) is 3.23. The van der Waals surface area contributed by atoms with E-state index in [-0.39, 0.29) is 5.78 Å². The number of benzene rings is 2. The number of halogens is 1. The molecule has 0 bridgehead atoms. The van der Waals surface area contributed by atoms with Gasteiger partial charge in [0, 0.05) is 10.6 Å². The molecule has 0 aromatic heterocycles. The average molecular weight is 273 g/mol. The maximum Gasteiger partial charge on any atom is 0.185 e. The van der Waals surface area contributed by atoms with Gasteiger partial charge in [0.1, 0.15) is 5.75 Å². The largest absolute Gasteiger partial charge is 0.497 e. The predicted octanol–water partition coefficient (Wildman–Crippen LogP) is 4.24. The molecule has 96 valence electrons. The molecule has 2 nitrogen and oxygen atoms in total. The maximum absolute atomic E-state index is 12.0. The molecule has 3 heteroatoms. The van der Waals surface area contributed by atoms with E-state index in [0.29, 0.717) is 10.6 Å². The number of carbonyl (C=O) groups excluding carboxylic acids is 1. The van der Waals surface area contributed by atoms with Crippen LogP contribution in [0.3, 0.4) is 0 Å². The van der Waals surface area contributed by atoms with Gasteiger partial charge in [-0.25, -0.2) is 0 Å². The van der Waals surface area contributed by atoms with Gasteiger partial charge in [0.15, 0.2) is 5.78 Å². The first-order chi connectivity index (χ1) is 9.20. The number of ketones is 1. The van der Waals surface area contributed by atoms with Crippen LogP contribution in [0.5, 0.6) is 5.75 Å². The van der Waals surface area contributed by atoms with E-state index >= 15 is 0 Å². The van der Waals surface area contributed by atoms with Gasteiger partial charge >= 0.3 is 0 Å². The molecule has 0 spiro atoms. The smallest absolute Gasteiger partial charge is 0.185 e. The maximum atomic E-state index is 12.0. The van der Waals surface area contributed by atoms with Crippen molar-refractivity contribution in [1.29, 1.82) is 0 Å². The predicted molar refractivity (Wildman–Crippen MR) is 77.8 cm³/mol. The van der Waals surface area contributed by atoms with E-state index < -0.39 is 0 Å². The van der Waals surface area contributed by atoms with Crippen LogP contribution in [0.15, 0.2) is 54.6 Å². The van der Waals surface area contributed by atoms with Crippen molar-refractivity contribution in [2.75, 3.05) is 7.11 Å². The van der Waals surface area contributed by atoms with Gasteiger partial charge in [-0.2, -0.15) is 0 Å². The summed E-state index contributed by atoms with van der Waals surface area (Å²) in [5.41, 5.74) is 1.44. The number of hydrogen-bond acceptors (Lipinski definition) is 2. The highest BCUT2D eigenvalue weighted by Gasteiger charge is 2.02. The SMILES string of the molecule is COc1ccc(C(=O)/C=C\c2ccccc2Cl)cc1. The monoisotopic (exact) mass is 272 g/mol. The minimum Gasteiger partial charge on any atom is -0.497 e. The lowest BCUT2D eigenvalue weighted by Crippen LogP contribution is -1.94. The number of rotatable bonds is 4. The van der Waals surface area contributed by atoms with Gasteiger partial charge in [-0.15, -0.1) is 0 Å². The molecule has 0 heterocycles. The van der Waals surface area contributed by atoms with E-state index in [4.69, 9.17) is 16.3 Å². The number of allylic oxidation sites excluding steroid dienone is 1. The van der Waals surface area contributed by atoms with Gasteiger partial charge in [0.05, 0.1) is 7.11 Å². The molecule has 19 heavy (non-hydrogen) atoms. The molecule has 0 saturated carbocycles. The third-order valence-electron chi connectivity index (χ3n) is 2.69.